The number of esters is 1. The van der Waals surface area contributed by atoms with Crippen molar-refractivity contribution >= 4 is 35.1 Å². The number of ether oxygens (including phenoxy) is 3. The molecule has 0 aromatic heterocycles. The van der Waals surface area contributed by atoms with E-state index >= 15 is 0 Å². The summed E-state index contributed by atoms with van der Waals surface area (Å²) in [6.07, 6.45) is 0. The molecule has 0 aliphatic rings. The van der Waals surface area contributed by atoms with Gasteiger partial charge in [-0.2, -0.15) is 0 Å². The van der Waals surface area contributed by atoms with Crippen LogP contribution in [0.25, 0.3) is 0 Å². The molecule has 0 fully saturated rings. The van der Waals surface area contributed by atoms with Gasteiger partial charge in [-0.15, -0.1) is 0 Å². The molecule has 6 nitrogen and oxygen atoms in total. The molecule has 0 N–H and O–H groups in total. The molecule has 0 heterocycles. The molecule has 25 heavy (non-hydrogen) atoms. The summed E-state index contributed by atoms with van der Waals surface area (Å²) in [7, 11) is 2.49. The van der Waals surface area contributed by atoms with E-state index in [0.717, 1.165) is 5.56 Å². The Labute approximate surface area is 154 Å². The molecule has 0 saturated carbocycles. The summed E-state index contributed by atoms with van der Waals surface area (Å²) in [4.78, 5) is 16.2. The van der Waals surface area contributed by atoms with Crippen molar-refractivity contribution < 1.29 is 23.8 Å². The van der Waals surface area contributed by atoms with E-state index in [1.54, 1.807) is 42.5 Å². The Morgan fingerprint density at radius 1 is 1.08 bits per heavy atom. The van der Waals surface area contributed by atoms with Crippen molar-refractivity contribution in [1.82, 2.24) is 0 Å². The first kappa shape index (κ1) is 18.9. The maximum Gasteiger partial charge on any atom is 0.397 e. The molecule has 0 unspecified atom stereocenters. The third kappa shape index (κ3) is 5.55. The van der Waals surface area contributed by atoms with Crippen molar-refractivity contribution in [2.75, 3.05) is 14.2 Å². The molecule has 8 heteroatoms. The van der Waals surface area contributed by atoms with Crippen molar-refractivity contribution in [3.63, 3.8) is 0 Å². The van der Waals surface area contributed by atoms with Crippen molar-refractivity contribution in [3.8, 4) is 11.5 Å². The Morgan fingerprint density at radius 2 is 1.80 bits per heavy atom. The van der Waals surface area contributed by atoms with E-state index in [0.29, 0.717) is 15.8 Å². The van der Waals surface area contributed by atoms with Crippen LogP contribution in [0.15, 0.2) is 47.6 Å². The Balaban J connectivity index is 2.12. The lowest BCUT2D eigenvalue weighted by Gasteiger charge is -2.11. The zero-order valence-electron chi connectivity index (χ0n) is 13.5. The van der Waals surface area contributed by atoms with E-state index < -0.39 is 5.97 Å². The highest BCUT2D eigenvalue weighted by Crippen LogP contribution is 2.27. The molecule has 2 aromatic rings. The molecular formula is C17H15Cl2NO5. The molecule has 0 aliphatic carbocycles. The number of nitrogens with zero attached hydrogens (tertiary/aromatic N) is 1. The number of oxime groups is 1. The maximum atomic E-state index is 11.6. The number of hydrogen-bond acceptors (Lipinski definition) is 6. The van der Waals surface area contributed by atoms with Crippen molar-refractivity contribution in [3.05, 3.63) is 58.1 Å². The van der Waals surface area contributed by atoms with Gasteiger partial charge >= 0.3 is 11.9 Å². The standard InChI is InChI=1S/C17H15Cl2NO5/c1-22-17(21)16(20-23-2)25-15-9-11(3-8-14(15)19)10-24-13-6-4-12(18)5-7-13/h3-9H,10H2,1-2H3. The van der Waals surface area contributed by atoms with E-state index in [2.05, 4.69) is 14.7 Å². The van der Waals surface area contributed by atoms with Crippen LogP contribution in [0.2, 0.25) is 10.0 Å². The summed E-state index contributed by atoms with van der Waals surface area (Å²) in [5.41, 5.74) is 0.774. The molecule has 0 bridgehead atoms. The van der Waals surface area contributed by atoms with Crippen LogP contribution >= 0.6 is 23.2 Å². The second kappa shape index (κ2) is 9.15. The Kier molecular flexibility index (Phi) is 6.91. The fourth-order valence-electron chi connectivity index (χ4n) is 1.79. The van der Waals surface area contributed by atoms with Gasteiger partial charge in [0.05, 0.1) is 12.1 Å². The quantitative estimate of drug-likeness (QED) is 0.336. The van der Waals surface area contributed by atoms with Crippen LogP contribution in [-0.2, 0) is 21.0 Å². The monoisotopic (exact) mass is 383 g/mol. The van der Waals surface area contributed by atoms with Crippen LogP contribution in [0.3, 0.4) is 0 Å². The van der Waals surface area contributed by atoms with Crippen molar-refractivity contribution in [1.29, 1.82) is 0 Å². The number of carbonyl (C=O) groups excluding carboxylic acids is 1. The fraction of sp³-hybridized carbons (Fsp3) is 0.176. The average molecular weight is 384 g/mol. The summed E-state index contributed by atoms with van der Waals surface area (Å²) in [5, 5.41) is 4.40. The van der Waals surface area contributed by atoms with Gasteiger partial charge in [-0.05, 0) is 47.1 Å². The van der Waals surface area contributed by atoms with Crippen LogP contribution in [0, 0.1) is 0 Å². The molecule has 0 aliphatic heterocycles. The van der Waals surface area contributed by atoms with Crippen LogP contribution in [0.1, 0.15) is 5.56 Å². The van der Waals surface area contributed by atoms with E-state index in [1.165, 1.54) is 14.2 Å². The minimum atomic E-state index is -0.791. The third-order valence-electron chi connectivity index (χ3n) is 2.96. The molecule has 132 valence electrons. The predicted octanol–water partition coefficient (Wildman–Crippen LogP) is 4.08. The minimum Gasteiger partial charge on any atom is -0.489 e. The smallest absolute Gasteiger partial charge is 0.397 e. The van der Waals surface area contributed by atoms with Gasteiger partial charge in [-0.25, -0.2) is 4.79 Å². The van der Waals surface area contributed by atoms with Gasteiger partial charge < -0.3 is 19.0 Å². The van der Waals surface area contributed by atoms with E-state index in [4.69, 9.17) is 32.7 Å². The van der Waals surface area contributed by atoms with Crippen LogP contribution in [0.4, 0.5) is 0 Å². The first-order valence-corrected chi connectivity index (χ1v) is 7.83. The Bertz CT molecular complexity index is 762. The van der Waals surface area contributed by atoms with Gasteiger partial charge in [0.15, 0.2) is 0 Å². The van der Waals surface area contributed by atoms with Gasteiger partial charge in [0.2, 0.25) is 0 Å². The molecule has 0 spiro atoms. The lowest BCUT2D eigenvalue weighted by Crippen LogP contribution is -2.22. The van der Waals surface area contributed by atoms with Gasteiger partial charge in [0.1, 0.15) is 25.2 Å². The summed E-state index contributed by atoms with van der Waals surface area (Å²) >= 11 is 11.9. The van der Waals surface area contributed by atoms with E-state index in [-0.39, 0.29) is 18.3 Å². The molecule has 0 saturated heterocycles. The SMILES string of the molecule is CON=C(Oc1cc(COc2ccc(Cl)cc2)ccc1Cl)C(=O)OC. The highest BCUT2D eigenvalue weighted by atomic mass is 35.5. The number of benzene rings is 2. The molecule has 0 radical (unpaired) electrons. The number of halogens is 2. The van der Waals surface area contributed by atoms with Crippen molar-refractivity contribution in [2.24, 2.45) is 5.16 Å². The van der Waals surface area contributed by atoms with Gasteiger partial charge in [0, 0.05) is 5.02 Å². The number of carbonyl (C=O) groups is 1. The highest BCUT2D eigenvalue weighted by Gasteiger charge is 2.18. The van der Waals surface area contributed by atoms with Crippen LogP contribution in [0.5, 0.6) is 11.5 Å². The predicted molar refractivity (Wildman–Crippen MR) is 94.3 cm³/mol. The topological polar surface area (TPSA) is 66.3 Å². The second-order valence-electron chi connectivity index (χ2n) is 4.68. The zero-order chi connectivity index (χ0) is 18.2. The maximum absolute atomic E-state index is 11.6. The third-order valence-corrected chi connectivity index (χ3v) is 3.52. The van der Waals surface area contributed by atoms with Gasteiger partial charge in [-0.3, -0.25) is 0 Å². The molecule has 2 rings (SSSR count). The number of methoxy groups -OCH3 is 1. The minimum absolute atomic E-state index is 0.222. The zero-order valence-corrected chi connectivity index (χ0v) is 15.0. The summed E-state index contributed by atoms with van der Waals surface area (Å²) in [5.74, 6) is -0.276. The van der Waals surface area contributed by atoms with Gasteiger partial charge in [-0.1, -0.05) is 29.3 Å². The van der Waals surface area contributed by atoms with Gasteiger partial charge in [0.25, 0.3) is 0 Å². The molecule has 2 aromatic carbocycles. The van der Waals surface area contributed by atoms with Crippen LogP contribution < -0.4 is 9.47 Å². The summed E-state index contributed by atoms with van der Waals surface area (Å²) < 4.78 is 15.6. The van der Waals surface area contributed by atoms with E-state index in [9.17, 15) is 4.79 Å². The number of rotatable bonds is 5. The normalized spacial score (nSPS) is 11.0. The first-order chi connectivity index (χ1) is 12.0. The second-order valence-corrected chi connectivity index (χ2v) is 5.52. The average Bonchev–Trinajstić information content (AvgIpc) is 2.62. The summed E-state index contributed by atoms with van der Waals surface area (Å²) in [6, 6.07) is 12.0. The fourth-order valence-corrected chi connectivity index (χ4v) is 2.07. The summed E-state index contributed by atoms with van der Waals surface area (Å²) in [6.45, 7) is 0.268. The largest absolute Gasteiger partial charge is 0.489 e. The van der Waals surface area contributed by atoms with Crippen molar-refractivity contribution in [2.45, 2.75) is 6.61 Å². The molecule has 0 atom stereocenters. The first-order valence-electron chi connectivity index (χ1n) is 7.07. The Hall–Kier alpha value is -2.44. The lowest BCUT2D eigenvalue weighted by molar-refractivity contribution is -0.134. The van der Waals surface area contributed by atoms with E-state index in [1.807, 2.05) is 0 Å². The highest BCUT2D eigenvalue weighted by molar-refractivity contribution is 6.35. The number of hydrogen-bond donors (Lipinski definition) is 0. The Morgan fingerprint density at radius 3 is 2.44 bits per heavy atom. The van der Waals surface area contributed by atoms with Crippen LogP contribution in [-0.4, -0.2) is 26.1 Å². The molecular weight excluding hydrogens is 369 g/mol. The molecule has 0 amide bonds. The lowest BCUT2D eigenvalue weighted by atomic mass is 10.2.